The molecule has 1 fully saturated rings. The van der Waals surface area contributed by atoms with Gasteiger partial charge in [0.1, 0.15) is 0 Å². The number of thiophene rings is 1. The van der Waals surface area contributed by atoms with Crippen molar-refractivity contribution < 1.29 is 9.59 Å². The molecule has 2 amide bonds. The van der Waals surface area contributed by atoms with E-state index in [0.717, 1.165) is 43.2 Å². The van der Waals surface area contributed by atoms with Gasteiger partial charge >= 0.3 is 0 Å². The standard InChI is InChI=1S/C27H31N3O2S/c31-26(29-17-15-28(16-18-29)21-23-8-3-1-4-9-23)13-14-30(22-24-10-5-2-6-11-24)27(32)20-25-12-7-19-33-25/h1-12,19H,13-18,20-22H2. The largest absolute Gasteiger partial charge is 0.340 e. The molecule has 0 spiro atoms. The van der Waals surface area contributed by atoms with Gasteiger partial charge in [-0.2, -0.15) is 0 Å². The second-order valence-corrected chi connectivity index (χ2v) is 9.48. The summed E-state index contributed by atoms with van der Waals surface area (Å²) in [5, 5.41) is 1.99. The Labute approximate surface area is 200 Å². The van der Waals surface area contributed by atoms with Crippen LogP contribution in [0.2, 0.25) is 0 Å². The van der Waals surface area contributed by atoms with Crippen molar-refractivity contribution in [2.75, 3.05) is 32.7 Å². The lowest BCUT2D eigenvalue weighted by molar-refractivity contribution is -0.135. The molecule has 4 rings (SSSR count). The van der Waals surface area contributed by atoms with Crippen molar-refractivity contribution in [2.45, 2.75) is 25.9 Å². The molecule has 2 aromatic carbocycles. The number of hydrogen-bond acceptors (Lipinski definition) is 4. The van der Waals surface area contributed by atoms with Gasteiger partial charge in [0.25, 0.3) is 0 Å². The van der Waals surface area contributed by atoms with E-state index in [0.29, 0.717) is 25.9 Å². The van der Waals surface area contributed by atoms with Crippen molar-refractivity contribution in [2.24, 2.45) is 0 Å². The van der Waals surface area contributed by atoms with Gasteiger partial charge in [0.05, 0.1) is 6.42 Å². The van der Waals surface area contributed by atoms with Crippen LogP contribution in [-0.2, 0) is 29.1 Å². The molecular formula is C27H31N3O2S. The summed E-state index contributed by atoms with van der Waals surface area (Å²) in [6.45, 7) is 5.15. The van der Waals surface area contributed by atoms with E-state index >= 15 is 0 Å². The van der Waals surface area contributed by atoms with Gasteiger partial charge in [-0.15, -0.1) is 11.3 Å². The summed E-state index contributed by atoms with van der Waals surface area (Å²) in [6, 6.07) is 24.4. The van der Waals surface area contributed by atoms with E-state index in [1.807, 2.05) is 63.7 Å². The number of piperazine rings is 1. The number of carbonyl (C=O) groups excluding carboxylic acids is 2. The minimum atomic E-state index is 0.0711. The van der Waals surface area contributed by atoms with Gasteiger partial charge in [0, 0.05) is 57.1 Å². The average molecular weight is 462 g/mol. The van der Waals surface area contributed by atoms with Crippen LogP contribution >= 0.6 is 11.3 Å². The molecule has 1 aliphatic heterocycles. The molecule has 1 saturated heterocycles. The summed E-state index contributed by atoms with van der Waals surface area (Å²) < 4.78 is 0. The van der Waals surface area contributed by atoms with Crippen molar-refractivity contribution in [3.05, 3.63) is 94.2 Å². The number of hydrogen-bond donors (Lipinski definition) is 0. The number of amides is 2. The maximum absolute atomic E-state index is 13.0. The SMILES string of the molecule is O=C(CCN(Cc1ccccc1)C(=O)Cc1cccs1)N1CCN(Cc2ccccc2)CC1. The second-order valence-electron chi connectivity index (χ2n) is 8.45. The number of rotatable bonds is 9. The van der Waals surface area contributed by atoms with Crippen molar-refractivity contribution >= 4 is 23.2 Å². The Bertz CT molecular complexity index is 1000. The first-order valence-corrected chi connectivity index (χ1v) is 12.4. The van der Waals surface area contributed by atoms with E-state index in [1.54, 1.807) is 11.3 Å². The van der Waals surface area contributed by atoms with Gasteiger partial charge in [-0.25, -0.2) is 0 Å². The second kappa shape index (κ2) is 11.8. The van der Waals surface area contributed by atoms with E-state index in [4.69, 9.17) is 0 Å². The van der Waals surface area contributed by atoms with Crippen LogP contribution in [0.5, 0.6) is 0 Å². The fraction of sp³-hybridized carbons (Fsp3) is 0.333. The van der Waals surface area contributed by atoms with Crippen LogP contribution in [0.3, 0.4) is 0 Å². The van der Waals surface area contributed by atoms with Crippen LogP contribution in [0.1, 0.15) is 22.4 Å². The third-order valence-corrected chi connectivity index (χ3v) is 6.92. The highest BCUT2D eigenvalue weighted by atomic mass is 32.1. The fourth-order valence-electron chi connectivity index (χ4n) is 4.16. The van der Waals surface area contributed by atoms with Crippen molar-refractivity contribution in [3.8, 4) is 0 Å². The summed E-state index contributed by atoms with van der Waals surface area (Å²) in [5.74, 6) is 0.207. The topological polar surface area (TPSA) is 43.9 Å². The van der Waals surface area contributed by atoms with Crippen molar-refractivity contribution in [1.29, 1.82) is 0 Å². The highest BCUT2D eigenvalue weighted by Crippen LogP contribution is 2.14. The molecule has 0 bridgehead atoms. The van der Waals surface area contributed by atoms with E-state index < -0.39 is 0 Å². The third-order valence-electron chi connectivity index (χ3n) is 6.04. The van der Waals surface area contributed by atoms with Crippen LogP contribution in [0.4, 0.5) is 0 Å². The summed E-state index contributed by atoms with van der Waals surface area (Å²) in [7, 11) is 0. The first kappa shape index (κ1) is 23.2. The Hall–Kier alpha value is -2.96. The highest BCUT2D eigenvalue weighted by Gasteiger charge is 2.23. The molecule has 1 aromatic heterocycles. The Morgan fingerprint density at radius 3 is 2.12 bits per heavy atom. The first-order chi connectivity index (χ1) is 16.2. The molecule has 0 N–H and O–H groups in total. The van der Waals surface area contributed by atoms with Gasteiger partial charge < -0.3 is 9.80 Å². The highest BCUT2D eigenvalue weighted by molar-refractivity contribution is 7.10. The van der Waals surface area contributed by atoms with Gasteiger partial charge in [0.2, 0.25) is 11.8 Å². The number of nitrogens with zero attached hydrogens (tertiary/aromatic N) is 3. The van der Waals surface area contributed by atoms with E-state index in [9.17, 15) is 9.59 Å². The zero-order valence-corrected chi connectivity index (χ0v) is 19.8. The third kappa shape index (κ3) is 7.01. The summed E-state index contributed by atoms with van der Waals surface area (Å²) in [6.07, 6.45) is 0.749. The van der Waals surface area contributed by atoms with Gasteiger partial charge in [-0.1, -0.05) is 66.7 Å². The molecule has 2 heterocycles. The van der Waals surface area contributed by atoms with Gasteiger partial charge in [-0.3, -0.25) is 14.5 Å². The van der Waals surface area contributed by atoms with Crippen LogP contribution in [0, 0.1) is 0 Å². The zero-order chi connectivity index (χ0) is 22.9. The van der Waals surface area contributed by atoms with Crippen LogP contribution in [0.25, 0.3) is 0 Å². The molecule has 3 aromatic rings. The molecule has 0 radical (unpaired) electrons. The smallest absolute Gasteiger partial charge is 0.228 e. The number of carbonyl (C=O) groups is 2. The lowest BCUT2D eigenvalue weighted by atomic mass is 10.1. The fourth-order valence-corrected chi connectivity index (χ4v) is 4.85. The lowest BCUT2D eigenvalue weighted by Crippen LogP contribution is -2.49. The van der Waals surface area contributed by atoms with Crippen LogP contribution in [-0.4, -0.2) is 59.2 Å². The van der Waals surface area contributed by atoms with E-state index in [2.05, 4.69) is 29.2 Å². The Morgan fingerprint density at radius 2 is 1.48 bits per heavy atom. The molecule has 0 saturated carbocycles. The summed E-state index contributed by atoms with van der Waals surface area (Å²) >= 11 is 1.60. The Morgan fingerprint density at radius 1 is 0.818 bits per heavy atom. The monoisotopic (exact) mass is 461 g/mol. The lowest BCUT2D eigenvalue weighted by Gasteiger charge is -2.35. The predicted molar refractivity (Wildman–Crippen MR) is 133 cm³/mol. The van der Waals surface area contributed by atoms with E-state index in [1.165, 1.54) is 5.56 Å². The average Bonchev–Trinajstić information content (AvgIpc) is 3.36. The molecule has 1 aliphatic rings. The maximum atomic E-state index is 13.0. The van der Waals surface area contributed by atoms with E-state index in [-0.39, 0.29) is 11.8 Å². The molecule has 0 atom stereocenters. The minimum Gasteiger partial charge on any atom is -0.340 e. The normalized spacial score (nSPS) is 14.2. The summed E-state index contributed by atoms with van der Waals surface area (Å²) in [5.41, 5.74) is 2.39. The molecular weight excluding hydrogens is 430 g/mol. The zero-order valence-electron chi connectivity index (χ0n) is 18.9. The number of benzene rings is 2. The molecule has 0 aliphatic carbocycles. The summed E-state index contributed by atoms with van der Waals surface area (Å²) in [4.78, 5) is 33.2. The van der Waals surface area contributed by atoms with Gasteiger partial charge in [-0.05, 0) is 22.6 Å². The van der Waals surface area contributed by atoms with Crippen molar-refractivity contribution in [1.82, 2.24) is 14.7 Å². The molecule has 5 nitrogen and oxygen atoms in total. The van der Waals surface area contributed by atoms with Crippen LogP contribution < -0.4 is 0 Å². The predicted octanol–water partition coefficient (Wildman–Crippen LogP) is 4.05. The molecule has 172 valence electrons. The molecule has 33 heavy (non-hydrogen) atoms. The maximum Gasteiger partial charge on any atom is 0.228 e. The minimum absolute atomic E-state index is 0.0711. The van der Waals surface area contributed by atoms with Crippen molar-refractivity contribution in [3.63, 3.8) is 0 Å². The van der Waals surface area contributed by atoms with Gasteiger partial charge in [0.15, 0.2) is 0 Å². The molecule has 0 unspecified atom stereocenters. The Balaban J connectivity index is 1.29. The first-order valence-electron chi connectivity index (χ1n) is 11.6. The molecule has 6 heteroatoms. The quantitative estimate of drug-likeness (QED) is 0.483. The van der Waals surface area contributed by atoms with Crippen LogP contribution in [0.15, 0.2) is 78.2 Å². The Kier molecular flexibility index (Phi) is 8.28.